The number of halogens is 4. The summed E-state index contributed by atoms with van der Waals surface area (Å²) in [5, 5.41) is 7.12. The fraction of sp³-hybridized carbons (Fsp3) is 0.600. The van der Waals surface area contributed by atoms with Crippen LogP contribution in [0.1, 0.15) is 56.6 Å². The van der Waals surface area contributed by atoms with E-state index in [1.165, 1.54) is 6.07 Å². The van der Waals surface area contributed by atoms with E-state index >= 15 is 0 Å². The number of nitrogens with two attached hydrogens (primary N) is 1. The summed E-state index contributed by atoms with van der Waals surface area (Å²) in [5.41, 5.74) is 7.71. The van der Waals surface area contributed by atoms with Crippen LogP contribution < -0.4 is 5.73 Å². The first-order valence-corrected chi connectivity index (χ1v) is 9.48. The minimum atomic E-state index is -5.08. The SMILES string of the molecule is CC(C)N1CCC2(CC1)CC(CC(N)=O)c1ccc(F)cc12.O=C(O)C(F)(F)F. The number of rotatable bonds is 3. The minimum absolute atomic E-state index is 0.0307. The van der Waals surface area contributed by atoms with E-state index in [0.29, 0.717) is 12.5 Å². The fourth-order valence-electron chi connectivity index (χ4n) is 4.40. The van der Waals surface area contributed by atoms with Crippen molar-refractivity contribution < 1.29 is 32.3 Å². The van der Waals surface area contributed by atoms with Gasteiger partial charge in [-0.05, 0) is 80.8 Å². The summed E-state index contributed by atoms with van der Waals surface area (Å²) >= 11 is 0. The van der Waals surface area contributed by atoms with Crippen molar-refractivity contribution in [1.82, 2.24) is 4.90 Å². The Bertz CT molecular complexity index is 757. The molecule has 5 nitrogen and oxygen atoms in total. The van der Waals surface area contributed by atoms with Gasteiger partial charge in [0.05, 0.1) is 0 Å². The monoisotopic (exact) mass is 418 g/mol. The van der Waals surface area contributed by atoms with Crippen molar-refractivity contribution in [2.24, 2.45) is 5.73 Å². The number of likely N-dealkylation sites (tertiary alicyclic amines) is 1. The van der Waals surface area contributed by atoms with E-state index in [2.05, 4.69) is 18.7 Å². The van der Waals surface area contributed by atoms with Gasteiger partial charge >= 0.3 is 12.1 Å². The highest BCUT2D eigenvalue weighted by atomic mass is 19.4. The summed E-state index contributed by atoms with van der Waals surface area (Å²) in [5.74, 6) is -3.05. The lowest BCUT2D eigenvalue weighted by atomic mass is 9.73. The largest absolute Gasteiger partial charge is 0.490 e. The molecular formula is C20H26F4N2O3. The molecule has 0 radical (unpaired) electrons. The van der Waals surface area contributed by atoms with Crippen LogP contribution in [0.3, 0.4) is 0 Å². The molecule has 1 spiro atoms. The Balaban J connectivity index is 0.000000370. The third kappa shape index (κ3) is 5.46. The molecule has 1 aromatic carbocycles. The van der Waals surface area contributed by atoms with Gasteiger partial charge in [0, 0.05) is 12.5 Å². The van der Waals surface area contributed by atoms with Crippen molar-refractivity contribution in [3.63, 3.8) is 0 Å². The summed E-state index contributed by atoms with van der Waals surface area (Å²) in [6.07, 6.45) is -1.71. The molecule has 1 atom stereocenters. The standard InChI is InChI=1S/C18H25FN2O.C2HF3O2/c1-12(2)21-7-5-18(6-8-21)11-13(9-17(20)22)15-4-3-14(19)10-16(15)18;3-2(4,5)1(6)7/h3-4,10,12-13H,5-9,11H2,1-2H3,(H2,20,22);(H,6,7). The maximum atomic E-state index is 13.8. The highest BCUT2D eigenvalue weighted by Gasteiger charge is 2.46. The average molecular weight is 418 g/mol. The molecule has 0 saturated carbocycles. The van der Waals surface area contributed by atoms with Gasteiger partial charge in [-0.3, -0.25) is 4.79 Å². The van der Waals surface area contributed by atoms with E-state index in [1.807, 2.05) is 6.07 Å². The predicted octanol–water partition coefficient (Wildman–Crippen LogP) is 3.56. The van der Waals surface area contributed by atoms with E-state index in [4.69, 9.17) is 15.6 Å². The Labute approximate surface area is 166 Å². The van der Waals surface area contributed by atoms with Crippen LogP contribution in [0, 0.1) is 5.82 Å². The molecule has 1 fully saturated rings. The predicted molar refractivity (Wildman–Crippen MR) is 98.9 cm³/mol. The van der Waals surface area contributed by atoms with Crippen LogP contribution in [0.25, 0.3) is 0 Å². The number of nitrogens with zero attached hydrogens (tertiary/aromatic N) is 1. The summed E-state index contributed by atoms with van der Waals surface area (Å²) in [6.45, 7) is 6.51. The topological polar surface area (TPSA) is 83.6 Å². The zero-order valence-electron chi connectivity index (χ0n) is 16.4. The molecular weight excluding hydrogens is 392 g/mol. The van der Waals surface area contributed by atoms with Gasteiger partial charge in [-0.15, -0.1) is 0 Å². The van der Waals surface area contributed by atoms with Crippen molar-refractivity contribution >= 4 is 11.9 Å². The summed E-state index contributed by atoms with van der Waals surface area (Å²) in [7, 11) is 0. The second kappa shape index (κ2) is 8.69. The van der Waals surface area contributed by atoms with E-state index in [1.54, 1.807) is 6.07 Å². The van der Waals surface area contributed by atoms with Crippen LogP contribution in [0.2, 0.25) is 0 Å². The number of benzene rings is 1. The smallest absolute Gasteiger partial charge is 0.475 e. The first kappa shape index (κ1) is 23.1. The van der Waals surface area contributed by atoms with Crippen molar-refractivity contribution in [2.75, 3.05) is 13.1 Å². The number of carboxylic acid groups (broad SMARTS) is 1. The quantitative estimate of drug-likeness (QED) is 0.736. The number of amides is 1. The number of carbonyl (C=O) groups is 2. The maximum absolute atomic E-state index is 13.8. The van der Waals surface area contributed by atoms with Crippen LogP contribution in [0.4, 0.5) is 17.6 Å². The number of carboxylic acids is 1. The molecule has 9 heteroatoms. The second-order valence-electron chi connectivity index (χ2n) is 8.02. The van der Waals surface area contributed by atoms with Crippen LogP contribution in [-0.4, -0.2) is 47.2 Å². The van der Waals surface area contributed by atoms with Gasteiger partial charge in [0.25, 0.3) is 0 Å². The molecule has 1 aliphatic heterocycles. The van der Waals surface area contributed by atoms with Gasteiger partial charge in [0.15, 0.2) is 0 Å². The van der Waals surface area contributed by atoms with Crippen LogP contribution in [0.15, 0.2) is 18.2 Å². The zero-order valence-corrected chi connectivity index (χ0v) is 16.4. The Morgan fingerprint density at radius 2 is 1.83 bits per heavy atom. The average Bonchev–Trinajstić information content (AvgIpc) is 2.87. The molecule has 2 aliphatic rings. The number of hydrogen-bond donors (Lipinski definition) is 2. The highest BCUT2D eigenvalue weighted by Crippen LogP contribution is 2.52. The van der Waals surface area contributed by atoms with Crippen LogP contribution in [0.5, 0.6) is 0 Å². The molecule has 162 valence electrons. The molecule has 1 aromatic rings. The lowest BCUT2D eigenvalue weighted by Crippen LogP contribution is -2.44. The Morgan fingerprint density at radius 3 is 2.28 bits per heavy atom. The van der Waals surface area contributed by atoms with Crippen molar-refractivity contribution in [2.45, 2.75) is 63.1 Å². The number of hydrogen-bond acceptors (Lipinski definition) is 3. The van der Waals surface area contributed by atoms with Crippen molar-refractivity contribution in [1.29, 1.82) is 0 Å². The molecule has 29 heavy (non-hydrogen) atoms. The summed E-state index contributed by atoms with van der Waals surface area (Å²) in [4.78, 5) is 22.8. The molecule has 1 aliphatic carbocycles. The van der Waals surface area contributed by atoms with E-state index in [-0.39, 0.29) is 23.1 Å². The second-order valence-corrected chi connectivity index (χ2v) is 8.02. The molecule has 0 aromatic heterocycles. The molecule has 1 unspecified atom stereocenters. The lowest BCUT2D eigenvalue weighted by Gasteiger charge is -2.42. The Hall–Kier alpha value is -2.16. The van der Waals surface area contributed by atoms with Crippen LogP contribution >= 0.6 is 0 Å². The number of carbonyl (C=O) groups excluding carboxylic acids is 1. The Kier molecular flexibility index (Phi) is 6.93. The molecule has 1 saturated heterocycles. The number of primary amides is 1. The van der Waals surface area contributed by atoms with Gasteiger partial charge in [-0.1, -0.05) is 6.07 Å². The molecule has 1 heterocycles. The highest BCUT2D eigenvalue weighted by molar-refractivity contribution is 5.75. The van der Waals surface area contributed by atoms with Gasteiger partial charge in [0.2, 0.25) is 5.91 Å². The third-order valence-corrected chi connectivity index (χ3v) is 5.84. The molecule has 0 bridgehead atoms. The number of piperidine rings is 1. The first-order chi connectivity index (χ1) is 13.4. The fourth-order valence-corrected chi connectivity index (χ4v) is 4.40. The molecule has 3 N–H and O–H groups in total. The number of fused-ring (bicyclic) bond motifs is 2. The van der Waals surface area contributed by atoms with Crippen molar-refractivity contribution in [3.05, 3.63) is 35.1 Å². The van der Waals surface area contributed by atoms with Gasteiger partial charge in [0.1, 0.15) is 5.82 Å². The number of aliphatic carboxylic acids is 1. The first-order valence-electron chi connectivity index (χ1n) is 9.48. The Morgan fingerprint density at radius 1 is 1.28 bits per heavy atom. The summed E-state index contributed by atoms with van der Waals surface area (Å²) < 4.78 is 45.5. The van der Waals surface area contributed by atoms with Gasteiger partial charge in [-0.25, -0.2) is 9.18 Å². The van der Waals surface area contributed by atoms with Gasteiger partial charge < -0.3 is 15.7 Å². The normalized spacial score (nSPS) is 20.9. The lowest BCUT2D eigenvalue weighted by molar-refractivity contribution is -0.192. The third-order valence-electron chi connectivity index (χ3n) is 5.84. The minimum Gasteiger partial charge on any atom is -0.475 e. The van der Waals surface area contributed by atoms with Gasteiger partial charge in [-0.2, -0.15) is 13.2 Å². The number of alkyl halides is 3. The molecule has 3 rings (SSSR count). The van der Waals surface area contributed by atoms with Crippen molar-refractivity contribution in [3.8, 4) is 0 Å². The molecule has 1 amide bonds. The van der Waals surface area contributed by atoms with E-state index in [0.717, 1.165) is 43.5 Å². The van der Waals surface area contributed by atoms with E-state index in [9.17, 15) is 22.4 Å². The zero-order chi connectivity index (χ0) is 22.0. The van der Waals surface area contributed by atoms with E-state index < -0.39 is 12.1 Å². The van der Waals surface area contributed by atoms with Crippen LogP contribution in [-0.2, 0) is 15.0 Å². The maximum Gasteiger partial charge on any atom is 0.490 e. The summed E-state index contributed by atoms with van der Waals surface area (Å²) in [6, 6.07) is 5.62.